The first-order chi connectivity index (χ1) is 11.1. The third-order valence-electron chi connectivity index (χ3n) is 3.31. The Morgan fingerprint density at radius 2 is 1.96 bits per heavy atom. The van der Waals surface area contributed by atoms with Crippen molar-refractivity contribution < 1.29 is 9.32 Å². The van der Waals surface area contributed by atoms with Crippen LogP contribution in [0.5, 0.6) is 0 Å². The zero-order valence-corrected chi connectivity index (χ0v) is 13.8. The van der Waals surface area contributed by atoms with Crippen LogP contribution in [0, 0.1) is 6.92 Å². The summed E-state index contributed by atoms with van der Waals surface area (Å²) in [6.45, 7) is 5.66. The predicted octanol–water partition coefficient (Wildman–Crippen LogP) is 3.88. The molecule has 3 aromatic rings. The lowest BCUT2D eigenvalue weighted by atomic mass is 10.0. The Kier molecular flexibility index (Phi) is 4.20. The Morgan fingerprint density at radius 1 is 1.22 bits per heavy atom. The molecule has 0 aliphatic carbocycles. The fourth-order valence-electron chi connectivity index (χ4n) is 2.19. The van der Waals surface area contributed by atoms with Gasteiger partial charge in [0.1, 0.15) is 10.6 Å². The number of benzene rings is 1. The Balaban J connectivity index is 1.82. The molecule has 6 nitrogen and oxygen atoms in total. The van der Waals surface area contributed by atoms with Crippen LogP contribution in [0.15, 0.2) is 34.9 Å². The van der Waals surface area contributed by atoms with E-state index >= 15 is 0 Å². The largest absolute Gasteiger partial charge is 0.360 e. The summed E-state index contributed by atoms with van der Waals surface area (Å²) < 4.78 is 5.25. The van der Waals surface area contributed by atoms with Gasteiger partial charge >= 0.3 is 0 Å². The molecule has 118 valence electrons. The van der Waals surface area contributed by atoms with Crippen molar-refractivity contribution in [3.8, 4) is 10.6 Å². The summed E-state index contributed by atoms with van der Waals surface area (Å²) in [4.78, 5) is 12.5. The van der Waals surface area contributed by atoms with E-state index in [0.717, 1.165) is 10.6 Å². The van der Waals surface area contributed by atoms with E-state index < -0.39 is 0 Å². The highest BCUT2D eigenvalue weighted by Crippen LogP contribution is 2.28. The van der Waals surface area contributed by atoms with Crippen LogP contribution >= 0.6 is 11.3 Å². The maximum atomic E-state index is 12.5. The number of aromatic nitrogens is 3. The van der Waals surface area contributed by atoms with Crippen LogP contribution in [-0.4, -0.2) is 21.3 Å². The molecular formula is C16H16N4O2S. The molecule has 0 aliphatic rings. The highest BCUT2D eigenvalue weighted by atomic mass is 32.1. The van der Waals surface area contributed by atoms with E-state index in [1.54, 1.807) is 6.92 Å². The first-order valence-corrected chi connectivity index (χ1v) is 8.04. The molecule has 0 unspecified atom stereocenters. The molecule has 0 fully saturated rings. The molecule has 1 amide bonds. The highest BCUT2D eigenvalue weighted by molar-refractivity contribution is 7.18. The number of rotatable bonds is 4. The number of amides is 1. The smallest absolute Gasteiger partial charge is 0.263 e. The van der Waals surface area contributed by atoms with Crippen molar-refractivity contribution in [3.05, 3.63) is 47.3 Å². The van der Waals surface area contributed by atoms with Crippen LogP contribution < -0.4 is 5.32 Å². The van der Waals surface area contributed by atoms with E-state index in [1.807, 2.05) is 44.2 Å². The van der Waals surface area contributed by atoms with Crippen LogP contribution in [0.3, 0.4) is 0 Å². The predicted molar refractivity (Wildman–Crippen MR) is 88.6 cm³/mol. The van der Waals surface area contributed by atoms with Gasteiger partial charge in [0.15, 0.2) is 5.76 Å². The van der Waals surface area contributed by atoms with Gasteiger partial charge in [-0.1, -0.05) is 60.7 Å². The van der Waals surface area contributed by atoms with E-state index in [9.17, 15) is 4.79 Å². The van der Waals surface area contributed by atoms with E-state index in [4.69, 9.17) is 4.52 Å². The van der Waals surface area contributed by atoms with E-state index in [2.05, 4.69) is 20.7 Å². The Labute approximate surface area is 137 Å². The van der Waals surface area contributed by atoms with E-state index in [1.165, 1.54) is 11.3 Å². The molecule has 2 heterocycles. The summed E-state index contributed by atoms with van der Waals surface area (Å²) in [6, 6.07) is 9.71. The van der Waals surface area contributed by atoms with Crippen molar-refractivity contribution in [1.29, 1.82) is 0 Å². The van der Waals surface area contributed by atoms with Gasteiger partial charge in [-0.2, -0.15) is 0 Å². The molecule has 3 rings (SSSR count). The van der Waals surface area contributed by atoms with Gasteiger partial charge < -0.3 is 4.52 Å². The third-order valence-corrected chi connectivity index (χ3v) is 4.19. The zero-order chi connectivity index (χ0) is 16.4. The number of nitrogens with one attached hydrogen (secondary N) is 1. The van der Waals surface area contributed by atoms with Crippen LogP contribution in [-0.2, 0) is 0 Å². The number of aryl methyl sites for hydroxylation is 1. The summed E-state index contributed by atoms with van der Waals surface area (Å²) in [7, 11) is 0. The average Bonchev–Trinajstić information content (AvgIpc) is 3.15. The van der Waals surface area contributed by atoms with Crippen LogP contribution in [0.1, 0.15) is 41.6 Å². The minimum atomic E-state index is -0.275. The van der Waals surface area contributed by atoms with Gasteiger partial charge in [-0.15, -0.1) is 10.2 Å². The summed E-state index contributed by atoms with van der Waals surface area (Å²) in [5.74, 6) is 0.377. The minimum absolute atomic E-state index is 0.0752. The molecule has 23 heavy (non-hydrogen) atoms. The molecule has 2 aromatic heterocycles. The number of anilines is 1. The van der Waals surface area contributed by atoms with Crippen molar-refractivity contribution in [1.82, 2.24) is 15.4 Å². The van der Waals surface area contributed by atoms with Crippen molar-refractivity contribution in [2.45, 2.75) is 26.7 Å². The Morgan fingerprint density at radius 3 is 2.65 bits per heavy atom. The van der Waals surface area contributed by atoms with Crippen molar-refractivity contribution in [3.63, 3.8) is 0 Å². The molecule has 0 atom stereocenters. The summed E-state index contributed by atoms with van der Waals surface area (Å²) in [5.41, 5.74) is 2.00. The second-order valence-electron chi connectivity index (χ2n) is 5.39. The SMILES string of the molecule is Cc1noc(C(C)C)c1C(=O)Nc1nnc(-c2ccccc2)s1. The van der Waals surface area contributed by atoms with Gasteiger partial charge in [0.25, 0.3) is 5.91 Å². The van der Waals surface area contributed by atoms with Crippen LogP contribution in [0.2, 0.25) is 0 Å². The monoisotopic (exact) mass is 328 g/mol. The number of carbonyl (C=O) groups is 1. The lowest BCUT2D eigenvalue weighted by molar-refractivity contribution is 0.102. The minimum Gasteiger partial charge on any atom is -0.360 e. The van der Waals surface area contributed by atoms with Crippen molar-refractivity contribution in [2.24, 2.45) is 0 Å². The first-order valence-electron chi connectivity index (χ1n) is 7.22. The summed E-state index contributed by atoms with van der Waals surface area (Å²) >= 11 is 1.33. The standard InChI is InChI=1S/C16H16N4O2S/c1-9(2)13-12(10(3)20-22-13)14(21)17-16-19-18-15(23-16)11-7-5-4-6-8-11/h4-9H,1-3H3,(H,17,19,21). The van der Waals surface area contributed by atoms with E-state index in [-0.39, 0.29) is 11.8 Å². The lowest BCUT2D eigenvalue weighted by Crippen LogP contribution is -2.14. The molecule has 0 bridgehead atoms. The molecule has 7 heteroatoms. The maximum absolute atomic E-state index is 12.5. The molecule has 0 saturated heterocycles. The van der Waals surface area contributed by atoms with Crippen LogP contribution in [0.4, 0.5) is 5.13 Å². The van der Waals surface area contributed by atoms with Crippen molar-refractivity contribution >= 4 is 22.4 Å². The molecule has 0 spiro atoms. The Bertz CT molecular complexity index is 824. The Hall–Kier alpha value is -2.54. The summed E-state index contributed by atoms with van der Waals surface area (Å²) in [6.07, 6.45) is 0. The van der Waals surface area contributed by atoms with Gasteiger partial charge in [0.2, 0.25) is 5.13 Å². The van der Waals surface area contributed by atoms with Gasteiger partial charge in [-0.3, -0.25) is 10.1 Å². The second-order valence-corrected chi connectivity index (χ2v) is 6.37. The lowest BCUT2D eigenvalue weighted by Gasteiger charge is -2.04. The maximum Gasteiger partial charge on any atom is 0.263 e. The normalized spacial score (nSPS) is 11.0. The van der Waals surface area contributed by atoms with Gasteiger partial charge in [0, 0.05) is 11.5 Å². The zero-order valence-electron chi connectivity index (χ0n) is 13.0. The topological polar surface area (TPSA) is 80.9 Å². The summed E-state index contributed by atoms with van der Waals surface area (Å²) in [5, 5.41) is 16.0. The molecule has 1 N–H and O–H groups in total. The second kappa shape index (κ2) is 6.29. The van der Waals surface area contributed by atoms with Gasteiger partial charge in [0.05, 0.1) is 5.69 Å². The quantitative estimate of drug-likeness (QED) is 0.786. The molecule has 0 aliphatic heterocycles. The fourth-order valence-corrected chi connectivity index (χ4v) is 2.93. The number of carbonyl (C=O) groups excluding carboxylic acids is 1. The first kappa shape index (κ1) is 15.4. The number of hydrogen-bond donors (Lipinski definition) is 1. The number of nitrogens with zero attached hydrogens (tertiary/aromatic N) is 3. The van der Waals surface area contributed by atoms with Gasteiger partial charge in [-0.25, -0.2) is 0 Å². The average molecular weight is 328 g/mol. The molecule has 0 saturated carbocycles. The van der Waals surface area contributed by atoms with Gasteiger partial charge in [-0.05, 0) is 6.92 Å². The molecule has 1 aromatic carbocycles. The fraction of sp³-hybridized carbons (Fsp3) is 0.250. The van der Waals surface area contributed by atoms with Crippen LogP contribution in [0.25, 0.3) is 10.6 Å². The third kappa shape index (κ3) is 3.14. The van der Waals surface area contributed by atoms with Crippen molar-refractivity contribution in [2.75, 3.05) is 5.32 Å². The van der Waals surface area contributed by atoms with E-state index in [0.29, 0.717) is 22.1 Å². The number of hydrogen-bond acceptors (Lipinski definition) is 6. The molecular weight excluding hydrogens is 312 g/mol. The molecule has 0 radical (unpaired) electrons. The highest BCUT2D eigenvalue weighted by Gasteiger charge is 2.23.